The summed E-state index contributed by atoms with van der Waals surface area (Å²) in [6, 6.07) is 1.26. The summed E-state index contributed by atoms with van der Waals surface area (Å²) >= 11 is 6.40. The van der Waals surface area contributed by atoms with Crippen LogP contribution < -0.4 is 5.73 Å². The fourth-order valence-corrected chi connectivity index (χ4v) is 3.99. The Bertz CT molecular complexity index is 753. The zero-order valence-corrected chi connectivity index (χ0v) is 13.6. The summed E-state index contributed by atoms with van der Waals surface area (Å²) in [5.41, 5.74) is 7.48. The van der Waals surface area contributed by atoms with E-state index in [4.69, 9.17) is 17.3 Å². The molecule has 1 aromatic carbocycles. The van der Waals surface area contributed by atoms with Crippen LogP contribution >= 0.6 is 11.6 Å². The third-order valence-electron chi connectivity index (χ3n) is 4.79. The van der Waals surface area contributed by atoms with Gasteiger partial charge in [-0.05, 0) is 37.7 Å². The van der Waals surface area contributed by atoms with Crippen LogP contribution in [0.15, 0.2) is 6.07 Å². The number of primary amides is 1. The molecule has 0 bridgehead atoms. The van der Waals surface area contributed by atoms with Gasteiger partial charge in [0, 0.05) is 16.6 Å². The molecule has 2 atom stereocenters. The third-order valence-corrected chi connectivity index (χ3v) is 5.26. The minimum Gasteiger partial charge on any atom is -0.366 e. The van der Waals surface area contributed by atoms with Crippen LogP contribution in [0.1, 0.15) is 60.1 Å². The second-order valence-electron chi connectivity index (χ2n) is 6.47. The number of rotatable bonds is 2. The Labute approximate surface area is 134 Å². The number of aryl methyl sites for hydroxylation is 1. The Kier molecular flexibility index (Phi) is 3.89. The maximum Gasteiger partial charge on any atom is 0.250 e. The van der Waals surface area contributed by atoms with Gasteiger partial charge in [-0.3, -0.25) is 4.79 Å². The lowest BCUT2D eigenvalue weighted by molar-refractivity contribution is 0.100. The highest BCUT2D eigenvalue weighted by Gasteiger charge is 2.28. The molecule has 0 radical (unpaired) electrons. The summed E-state index contributed by atoms with van der Waals surface area (Å²) in [7, 11) is 0. The fourth-order valence-electron chi connectivity index (χ4n) is 3.74. The molecule has 1 aromatic heterocycles. The molecule has 1 aliphatic carbocycles. The molecule has 1 heterocycles. The molecule has 3 nitrogen and oxygen atoms in total. The van der Waals surface area contributed by atoms with E-state index < -0.39 is 5.91 Å². The molecular formula is C17H20ClFN2O. The van der Waals surface area contributed by atoms with E-state index in [9.17, 15) is 9.18 Å². The summed E-state index contributed by atoms with van der Waals surface area (Å²) in [6.45, 7) is 4.02. The minimum atomic E-state index is -0.648. The Hall–Kier alpha value is -1.55. The second-order valence-corrected chi connectivity index (χ2v) is 6.84. The van der Waals surface area contributed by atoms with Gasteiger partial charge in [-0.1, -0.05) is 31.4 Å². The lowest BCUT2D eigenvalue weighted by atomic mass is 9.77. The highest BCUT2D eigenvalue weighted by Crippen LogP contribution is 2.43. The molecule has 2 aromatic rings. The van der Waals surface area contributed by atoms with Gasteiger partial charge in [-0.25, -0.2) is 4.39 Å². The lowest BCUT2D eigenvalue weighted by Crippen LogP contribution is -2.16. The number of carbonyl (C=O) groups is 1. The van der Waals surface area contributed by atoms with Gasteiger partial charge in [0.1, 0.15) is 5.82 Å². The number of nitrogens with two attached hydrogens (primary N) is 1. The van der Waals surface area contributed by atoms with E-state index in [1.54, 1.807) is 0 Å². The molecule has 0 saturated heterocycles. The van der Waals surface area contributed by atoms with Crippen molar-refractivity contribution in [3.05, 3.63) is 33.7 Å². The summed E-state index contributed by atoms with van der Waals surface area (Å²) in [5.74, 6) is -0.310. The van der Waals surface area contributed by atoms with Crippen molar-refractivity contribution in [2.75, 3.05) is 0 Å². The highest BCUT2D eigenvalue weighted by molar-refractivity contribution is 6.37. The van der Waals surface area contributed by atoms with Crippen LogP contribution in [0.4, 0.5) is 4.39 Å². The molecule has 118 valence electrons. The number of halogens is 2. The van der Waals surface area contributed by atoms with Crippen LogP contribution in [0.5, 0.6) is 0 Å². The molecular weight excluding hydrogens is 303 g/mol. The molecule has 1 amide bonds. The van der Waals surface area contributed by atoms with E-state index in [1.807, 2.05) is 6.92 Å². The Morgan fingerprint density at radius 1 is 1.45 bits per heavy atom. The fraction of sp³-hybridized carbons (Fsp3) is 0.471. The number of H-pyrrole nitrogens is 1. The molecule has 0 spiro atoms. The van der Waals surface area contributed by atoms with E-state index in [0.29, 0.717) is 27.4 Å². The van der Waals surface area contributed by atoms with Crippen molar-refractivity contribution in [3.63, 3.8) is 0 Å². The normalized spacial score (nSPS) is 22.2. The molecule has 1 aliphatic rings. The first-order chi connectivity index (χ1) is 10.4. The van der Waals surface area contributed by atoms with Crippen molar-refractivity contribution >= 4 is 28.4 Å². The molecule has 22 heavy (non-hydrogen) atoms. The quantitative estimate of drug-likeness (QED) is 0.830. The Morgan fingerprint density at radius 3 is 2.82 bits per heavy atom. The third kappa shape index (κ3) is 2.39. The number of benzene rings is 1. The van der Waals surface area contributed by atoms with Gasteiger partial charge >= 0.3 is 0 Å². The van der Waals surface area contributed by atoms with Crippen LogP contribution in [-0.4, -0.2) is 10.9 Å². The largest absolute Gasteiger partial charge is 0.366 e. The molecule has 1 fully saturated rings. The maximum atomic E-state index is 14.8. The van der Waals surface area contributed by atoms with Crippen LogP contribution in [-0.2, 0) is 0 Å². The maximum absolute atomic E-state index is 14.8. The van der Waals surface area contributed by atoms with E-state index in [0.717, 1.165) is 25.0 Å². The van der Waals surface area contributed by atoms with Gasteiger partial charge in [0.15, 0.2) is 0 Å². The smallest absolute Gasteiger partial charge is 0.250 e. The van der Waals surface area contributed by atoms with Gasteiger partial charge in [0.2, 0.25) is 0 Å². The number of fused-ring (bicyclic) bond motifs is 1. The highest BCUT2D eigenvalue weighted by atomic mass is 35.5. The van der Waals surface area contributed by atoms with Gasteiger partial charge in [0.25, 0.3) is 5.91 Å². The first-order valence-corrected chi connectivity index (χ1v) is 8.08. The second kappa shape index (κ2) is 5.58. The first-order valence-electron chi connectivity index (χ1n) is 7.70. The van der Waals surface area contributed by atoms with Crippen LogP contribution in [0, 0.1) is 18.7 Å². The van der Waals surface area contributed by atoms with Crippen molar-refractivity contribution in [1.82, 2.24) is 4.98 Å². The molecule has 2 unspecified atom stereocenters. The van der Waals surface area contributed by atoms with Crippen LogP contribution in [0.2, 0.25) is 5.02 Å². The average Bonchev–Trinajstić information content (AvgIpc) is 2.74. The Morgan fingerprint density at radius 2 is 2.18 bits per heavy atom. The molecule has 0 aliphatic heterocycles. The summed E-state index contributed by atoms with van der Waals surface area (Å²) in [5, 5.41) is 1.12. The number of nitrogens with one attached hydrogen (secondary N) is 1. The zero-order chi connectivity index (χ0) is 16.0. The zero-order valence-electron chi connectivity index (χ0n) is 12.8. The lowest BCUT2D eigenvalue weighted by Gasteiger charge is -2.28. The summed E-state index contributed by atoms with van der Waals surface area (Å²) in [6.07, 6.45) is 4.17. The van der Waals surface area contributed by atoms with E-state index in [-0.39, 0.29) is 17.3 Å². The van der Waals surface area contributed by atoms with Crippen LogP contribution in [0.25, 0.3) is 10.9 Å². The van der Waals surface area contributed by atoms with E-state index in [1.165, 1.54) is 12.5 Å². The number of aromatic nitrogens is 1. The summed E-state index contributed by atoms with van der Waals surface area (Å²) in [4.78, 5) is 14.7. The van der Waals surface area contributed by atoms with Gasteiger partial charge in [-0.2, -0.15) is 0 Å². The number of amides is 1. The molecule has 5 heteroatoms. The predicted molar refractivity (Wildman–Crippen MR) is 86.9 cm³/mol. The minimum absolute atomic E-state index is 0.140. The van der Waals surface area contributed by atoms with Crippen LogP contribution in [0.3, 0.4) is 0 Å². The van der Waals surface area contributed by atoms with Crippen molar-refractivity contribution in [3.8, 4) is 0 Å². The van der Waals surface area contributed by atoms with E-state index >= 15 is 0 Å². The Balaban J connectivity index is 2.28. The van der Waals surface area contributed by atoms with Crippen molar-refractivity contribution < 1.29 is 9.18 Å². The van der Waals surface area contributed by atoms with E-state index in [2.05, 4.69) is 11.9 Å². The van der Waals surface area contributed by atoms with Crippen molar-refractivity contribution in [2.45, 2.75) is 45.4 Å². The SMILES string of the molecule is Cc1[nH]c2c(C(N)=O)cc(F)c(C3CCCC(C)C3)c2c1Cl. The molecule has 3 N–H and O–H groups in total. The van der Waals surface area contributed by atoms with Crippen molar-refractivity contribution in [2.24, 2.45) is 11.7 Å². The van der Waals surface area contributed by atoms with Gasteiger partial charge in [0.05, 0.1) is 16.1 Å². The molecule has 3 rings (SSSR count). The first kappa shape index (κ1) is 15.3. The number of hydrogen-bond acceptors (Lipinski definition) is 1. The number of hydrogen-bond donors (Lipinski definition) is 2. The topological polar surface area (TPSA) is 58.9 Å². The summed E-state index contributed by atoms with van der Waals surface area (Å²) < 4.78 is 14.8. The van der Waals surface area contributed by atoms with Gasteiger partial charge < -0.3 is 10.7 Å². The predicted octanol–water partition coefficient (Wildman–Crippen LogP) is 4.66. The monoisotopic (exact) mass is 322 g/mol. The molecule has 1 saturated carbocycles. The van der Waals surface area contributed by atoms with Gasteiger partial charge in [-0.15, -0.1) is 0 Å². The number of carbonyl (C=O) groups excluding carboxylic acids is 1. The average molecular weight is 323 g/mol. The van der Waals surface area contributed by atoms with Crippen molar-refractivity contribution in [1.29, 1.82) is 0 Å². The number of aromatic amines is 1. The standard InChI is InChI=1S/C17H20ClFN2O/c1-8-4-3-5-10(6-8)13-12(19)7-11(17(20)22)16-14(13)15(18)9(2)21-16/h7-8,10,21H,3-6H2,1-2H3,(H2,20,22).